The van der Waals surface area contributed by atoms with Crippen LogP contribution in [0.1, 0.15) is 27.2 Å². The van der Waals surface area contributed by atoms with E-state index in [-0.39, 0.29) is 5.97 Å². The Kier molecular flexibility index (Phi) is 6.68. The first kappa shape index (κ1) is 21.3. The summed E-state index contributed by atoms with van der Waals surface area (Å²) in [6, 6.07) is 13.8. The molecule has 0 aliphatic rings. The molecule has 3 rings (SSSR count). The predicted octanol–water partition coefficient (Wildman–Crippen LogP) is 5.27. The fraction of sp³-hybridized carbons (Fsp3) is 0.136. The summed E-state index contributed by atoms with van der Waals surface area (Å²) >= 11 is 3.42. The monoisotopic (exact) mass is 469 g/mol. The maximum atomic E-state index is 12.0. The Morgan fingerprint density at radius 2 is 1.87 bits per heavy atom. The van der Waals surface area contributed by atoms with Crippen molar-refractivity contribution in [3.05, 3.63) is 75.5 Å². The molecule has 1 heterocycles. The van der Waals surface area contributed by atoms with Gasteiger partial charge in [-0.1, -0.05) is 22.0 Å². The van der Waals surface area contributed by atoms with Gasteiger partial charge in [-0.15, -0.1) is 0 Å². The number of anilines is 1. The largest absolute Gasteiger partial charge is 0.465 e. The molecule has 2 N–H and O–H groups in total. The molecule has 0 saturated carbocycles. The highest BCUT2D eigenvalue weighted by molar-refractivity contribution is 9.10. The molecule has 0 fully saturated rings. The predicted molar refractivity (Wildman–Crippen MR) is 119 cm³/mol. The fourth-order valence-corrected chi connectivity index (χ4v) is 3.03. The van der Waals surface area contributed by atoms with Crippen LogP contribution in [0, 0.1) is 13.8 Å². The third kappa shape index (κ3) is 5.15. The molecule has 0 aliphatic heterocycles. The van der Waals surface area contributed by atoms with Gasteiger partial charge in [-0.25, -0.2) is 15.0 Å². The van der Waals surface area contributed by atoms with Crippen LogP contribution in [-0.4, -0.2) is 25.3 Å². The van der Waals surface area contributed by atoms with Crippen LogP contribution in [0.3, 0.4) is 0 Å². The van der Waals surface area contributed by atoms with Crippen molar-refractivity contribution in [1.82, 2.24) is 5.43 Å². The number of carbonyl (C=O) groups excluding carboxylic acids is 2. The van der Waals surface area contributed by atoms with Crippen molar-refractivity contribution in [3.8, 4) is 11.3 Å². The van der Waals surface area contributed by atoms with E-state index in [9.17, 15) is 9.59 Å². The van der Waals surface area contributed by atoms with E-state index in [0.717, 1.165) is 21.2 Å². The first-order valence-corrected chi connectivity index (χ1v) is 9.82. The number of hydrazone groups is 1. The number of esters is 1. The summed E-state index contributed by atoms with van der Waals surface area (Å²) < 4.78 is 11.5. The van der Waals surface area contributed by atoms with Crippen LogP contribution in [0.2, 0.25) is 0 Å². The minimum absolute atomic E-state index is 0.389. The molecular weight excluding hydrogens is 450 g/mol. The molecule has 0 bridgehead atoms. The molecular formula is C22H20BrN3O4. The van der Waals surface area contributed by atoms with Gasteiger partial charge in [-0.2, -0.15) is 5.10 Å². The van der Waals surface area contributed by atoms with Crippen LogP contribution in [-0.2, 0) is 4.74 Å². The quantitative estimate of drug-likeness (QED) is 0.302. The van der Waals surface area contributed by atoms with Crippen molar-refractivity contribution in [2.45, 2.75) is 13.8 Å². The van der Waals surface area contributed by atoms with E-state index in [1.165, 1.54) is 13.3 Å². The number of amides is 2. The second kappa shape index (κ2) is 9.41. The van der Waals surface area contributed by atoms with Gasteiger partial charge in [-0.05, 0) is 67.4 Å². The van der Waals surface area contributed by atoms with E-state index in [4.69, 9.17) is 9.15 Å². The summed E-state index contributed by atoms with van der Waals surface area (Å²) in [5.41, 5.74) is 6.26. The lowest BCUT2D eigenvalue weighted by Gasteiger charge is -2.06. The second-order valence-corrected chi connectivity index (χ2v) is 7.37. The number of methoxy groups -OCH3 is 1. The lowest BCUT2D eigenvalue weighted by Crippen LogP contribution is -2.24. The van der Waals surface area contributed by atoms with E-state index in [1.54, 1.807) is 36.4 Å². The first-order chi connectivity index (χ1) is 14.4. The molecule has 0 atom stereocenters. The second-order valence-electron chi connectivity index (χ2n) is 6.51. The van der Waals surface area contributed by atoms with E-state index >= 15 is 0 Å². The normalized spacial score (nSPS) is 10.8. The molecule has 30 heavy (non-hydrogen) atoms. The zero-order valence-corrected chi connectivity index (χ0v) is 18.2. The molecule has 0 radical (unpaired) electrons. The number of hydrogen-bond acceptors (Lipinski definition) is 5. The number of nitrogens with one attached hydrogen (secondary N) is 2. The Bertz CT molecular complexity index is 1120. The maximum absolute atomic E-state index is 12.0. The Morgan fingerprint density at radius 3 is 2.57 bits per heavy atom. The van der Waals surface area contributed by atoms with Crippen molar-refractivity contribution >= 4 is 39.8 Å². The first-order valence-electron chi connectivity index (χ1n) is 9.03. The molecule has 0 saturated heterocycles. The molecule has 1 aromatic heterocycles. The Balaban J connectivity index is 1.62. The number of urea groups is 1. The van der Waals surface area contributed by atoms with Crippen LogP contribution in [0.15, 0.2) is 62.5 Å². The van der Waals surface area contributed by atoms with Gasteiger partial charge in [0.1, 0.15) is 11.5 Å². The molecule has 154 valence electrons. The molecule has 7 nitrogen and oxygen atoms in total. The third-order valence-corrected chi connectivity index (χ3v) is 5.20. The van der Waals surface area contributed by atoms with Crippen LogP contribution >= 0.6 is 15.9 Å². The zero-order chi connectivity index (χ0) is 21.7. The molecule has 2 amide bonds. The van der Waals surface area contributed by atoms with Crippen molar-refractivity contribution in [3.63, 3.8) is 0 Å². The highest BCUT2D eigenvalue weighted by Crippen LogP contribution is 2.26. The maximum Gasteiger partial charge on any atom is 0.339 e. The van der Waals surface area contributed by atoms with Gasteiger partial charge in [0, 0.05) is 15.7 Å². The van der Waals surface area contributed by atoms with Crippen molar-refractivity contribution < 1.29 is 18.7 Å². The number of furan rings is 1. The average Bonchev–Trinajstić information content (AvgIpc) is 3.18. The summed E-state index contributed by atoms with van der Waals surface area (Å²) in [7, 11) is 1.35. The molecule has 2 aromatic carbocycles. The molecule has 3 aromatic rings. The number of benzene rings is 2. The topological polar surface area (TPSA) is 92.9 Å². The van der Waals surface area contributed by atoms with Gasteiger partial charge in [0.05, 0.1) is 18.9 Å². The highest BCUT2D eigenvalue weighted by atomic mass is 79.9. The molecule has 0 spiro atoms. The Morgan fingerprint density at radius 1 is 1.07 bits per heavy atom. The Labute approximate surface area is 182 Å². The number of halogens is 1. The summed E-state index contributed by atoms with van der Waals surface area (Å²) in [6.07, 6.45) is 1.41. The lowest BCUT2D eigenvalue weighted by atomic mass is 10.0. The molecule has 0 aliphatic carbocycles. The molecule has 8 heteroatoms. The number of hydrogen-bond donors (Lipinski definition) is 2. The molecule has 0 unspecified atom stereocenters. The van der Waals surface area contributed by atoms with Crippen LogP contribution in [0.25, 0.3) is 11.3 Å². The minimum atomic E-state index is -0.464. The van der Waals surface area contributed by atoms with Crippen molar-refractivity contribution in [1.29, 1.82) is 0 Å². The van der Waals surface area contributed by atoms with Gasteiger partial charge in [-0.3, -0.25) is 0 Å². The van der Waals surface area contributed by atoms with Crippen molar-refractivity contribution in [2.75, 3.05) is 12.4 Å². The van der Waals surface area contributed by atoms with Gasteiger partial charge in [0.2, 0.25) is 0 Å². The van der Waals surface area contributed by atoms with Crippen LogP contribution in [0.4, 0.5) is 10.5 Å². The minimum Gasteiger partial charge on any atom is -0.465 e. The van der Waals surface area contributed by atoms with Gasteiger partial charge >= 0.3 is 12.0 Å². The number of carbonyl (C=O) groups is 2. The van der Waals surface area contributed by atoms with E-state index < -0.39 is 6.03 Å². The summed E-state index contributed by atoms with van der Waals surface area (Å²) in [5.74, 6) is 0.709. The van der Waals surface area contributed by atoms with Gasteiger partial charge in [0.15, 0.2) is 0 Å². The third-order valence-electron chi connectivity index (χ3n) is 4.31. The number of ether oxygens (including phenoxy) is 1. The van der Waals surface area contributed by atoms with E-state index in [2.05, 4.69) is 31.8 Å². The van der Waals surface area contributed by atoms with Crippen LogP contribution < -0.4 is 10.7 Å². The zero-order valence-electron chi connectivity index (χ0n) is 16.7. The van der Waals surface area contributed by atoms with Crippen molar-refractivity contribution in [2.24, 2.45) is 5.10 Å². The van der Waals surface area contributed by atoms with Crippen LogP contribution in [0.5, 0.6) is 0 Å². The number of aryl methyl sites for hydroxylation is 2. The summed E-state index contributed by atoms with van der Waals surface area (Å²) in [6.45, 7) is 3.82. The lowest BCUT2D eigenvalue weighted by molar-refractivity contribution is 0.0600. The number of rotatable bonds is 5. The standard InChI is InChI=1S/C22H20BrN3O4/c1-13-10-15(21(27)29-3)4-7-18(13)20-9-6-17(30-20)12-24-26-22(28)25-16-5-8-19(23)14(2)11-16/h4-12H,1-3H3,(H2,25,26,28)/b24-12+. The van der Waals surface area contributed by atoms with Gasteiger partial charge in [0.25, 0.3) is 0 Å². The van der Waals surface area contributed by atoms with E-state index in [0.29, 0.717) is 22.8 Å². The summed E-state index contributed by atoms with van der Waals surface area (Å²) in [4.78, 5) is 23.6. The summed E-state index contributed by atoms with van der Waals surface area (Å²) in [5, 5.41) is 6.61. The highest BCUT2D eigenvalue weighted by Gasteiger charge is 2.11. The smallest absolute Gasteiger partial charge is 0.339 e. The SMILES string of the molecule is COC(=O)c1ccc(-c2ccc(/C=N/NC(=O)Nc3ccc(Br)c(C)c3)o2)c(C)c1. The van der Waals surface area contributed by atoms with Gasteiger partial charge < -0.3 is 14.5 Å². The number of nitrogens with zero attached hydrogens (tertiary/aromatic N) is 1. The average molecular weight is 470 g/mol. The van der Waals surface area contributed by atoms with E-state index in [1.807, 2.05) is 26.0 Å². The fourth-order valence-electron chi connectivity index (χ4n) is 2.79. The Hall–Kier alpha value is -3.39.